The van der Waals surface area contributed by atoms with Crippen molar-refractivity contribution in [1.82, 2.24) is 10.7 Å². The lowest BCUT2D eigenvalue weighted by molar-refractivity contribution is 0.246. The summed E-state index contributed by atoms with van der Waals surface area (Å²) < 4.78 is 0. The van der Waals surface area contributed by atoms with Gasteiger partial charge in [0.25, 0.3) is 0 Å². The molecule has 2 N–H and O–H groups in total. The summed E-state index contributed by atoms with van der Waals surface area (Å²) in [6.45, 7) is 2.04. The van der Waals surface area contributed by atoms with Crippen LogP contribution in [0, 0.1) is 6.92 Å². The van der Waals surface area contributed by atoms with Gasteiger partial charge in [0, 0.05) is 0 Å². The molecule has 0 radical (unpaired) electrons. The Morgan fingerprint density at radius 1 is 1.18 bits per heavy atom. The number of carbonyl (C=O) groups is 1. The fourth-order valence-electron chi connectivity index (χ4n) is 2.64. The van der Waals surface area contributed by atoms with Crippen molar-refractivity contribution in [2.45, 2.75) is 38.3 Å². The van der Waals surface area contributed by atoms with Crippen molar-refractivity contribution < 1.29 is 4.79 Å². The fraction of sp³-hybridized carbons (Fsp3) is 0.462. The summed E-state index contributed by atoms with van der Waals surface area (Å²) in [5, 5.41) is 4.70. The Morgan fingerprint density at radius 2 is 1.82 bits per heavy atom. The monoisotopic (exact) mass is 231 g/mol. The van der Waals surface area contributed by atoms with Gasteiger partial charge in [0.2, 0.25) is 0 Å². The second-order valence-electron chi connectivity index (χ2n) is 5.00. The molecule has 1 aliphatic heterocycles. The van der Waals surface area contributed by atoms with Crippen LogP contribution in [0.2, 0.25) is 0 Å². The number of hydrogen-bond acceptors (Lipinski definition) is 2. The van der Waals surface area contributed by atoms with E-state index in [0.29, 0.717) is 0 Å². The summed E-state index contributed by atoms with van der Waals surface area (Å²) in [7, 11) is 0. The fourth-order valence-corrected chi connectivity index (χ4v) is 2.64. The molecule has 0 bridgehead atoms. The van der Waals surface area contributed by atoms with Crippen LogP contribution < -0.4 is 15.8 Å². The second kappa shape index (κ2) is 3.74. The first-order valence-electron chi connectivity index (χ1n) is 6.15. The minimum Gasteiger partial charge on any atom is -0.317 e. The Kier molecular flexibility index (Phi) is 2.33. The van der Waals surface area contributed by atoms with E-state index in [1.807, 2.05) is 31.2 Å². The highest BCUT2D eigenvalue weighted by molar-refractivity contribution is 5.93. The Hall–Kier alpha value is -1.55. The van der Waals surface area contributed by atoms with E-state index in [-0.39, 0.29) is 11.7 Å². The molecule has 1 aromatic rings. The largest absolute Gasteiger partial charge is 0.338 e. The zero-order valence-corrected chi connectivity index (χ0v) is 9.99. The predicted octanol–water partition coefficient (Wildman–Crippen LogP) is 2.30. The van der Waals surface area contributed by atoms with Gasteiger partial charge in [-0.25, -0.2) is 15.2 Å². The van der Waals surface area contributed by atoms with Gasteiger partial charge in [-0.15, -0.1) is 0 Å². The average Bonchev–Trinajstić information content (AvgIpc) is 2.88. The standard InChI is InChI=1S/C13H17N3O/c1-10-4-6-11(7-5-10)16-12(17)14-13(15-16)8-2-3-9-13/h4-7,15H,2-3,8-9H2,1H3,(H,14,17). The summed E-state index contributed by atoms with van der Waals surface area (Å²) in [6.07, 6.45) is 4.38. The third kappa shape index (κ3) is 1.78. The number of urea groups is 1. The number of amides is 2. The minimum absolute atomic E-state index is 0.0456. The molecule has 0 aromatic heterocycles. The van der Waals surface area contributed by atoms with E-state index < -0.39 is 0 Å². The van der Waals surface area contributed by atoms with Crippen molar-refractivity contribution in [1.29, 1.82) is 0 Å². The van der Waals surface area contributed by atoms with Crippen LogP contribution >= 0.6 is 0 Å². The van der Waals surface area contributed by atoms with Gasteiger partial charge in [0.05, 0.1) is 5.69 Å². The molecule has 1 aliphatic carbocycles. The average molecular weight is 231 g/mol. The molecule has 2 amide bonds. The third-order valence-corrected chi connectivity index (χ3v) is 3.62. The van der Waals surface area contributed by atoms with E-state index in [2.05, 4.69) is 10.7 Å². The third-order valence-electron chi connectivity index (χ3n) is 3.62. The molecule has 1 aromatic carbocycles. The first-order valence-corrected chi connectivity index (χ1v) is 6.15. The predicted molar refractivity (Wildman–Crippen MR) is 66.5 cm³/mol. The molecule has 0 atom stereocenters. The normalized spacial score (nSPS) is 22.2. The lowest BCUT2D eigenvalue weighted by Crippen LogP contribution is -2.48. The lowest BCUT2D eigenvalue weighted by Gasteiger charge is -2.23. The first kappa shape index (κ1) is 10.6. The van der Waals surface area contributed by atoms with Crippen LogP contribution in [0.25, 0.3) is 0 Å². The molecular weight excluding hydrogens is 214 g/mol. The molecule has 1 saturated heterocycles. The Labute approximate surface area is 101 Å². The van der Waals surface area contributed by atoms with Crippen molar-refractivity contribution in [2.75, 3.05) is 5.01 Å². The van der Waals surface area contributed by atoms with Crippen LogP contribution in [0.5, 0.6) is 0 Å². The number of hydrogen-bond donors (Lipinski definition) is 2. The van der Waals surface area contributed by atoms with Crippen LogP contribution in [-0.4, -0.2) is 11.7 Å². The van der Waals surface area contributed by atoms with Crippen LogP contribution in [0.15, 0.2) is 24.3 Å². The van der Waals surface area contributed by atoms with Crippen LogP contribution in [0.3, 0.4) is 0 Å². The maximum atomic E-state index is 12.0. The van der Waals surface area contributed by atoms with Crippen molar-refractivity contribution in [3.8, 4) is 0 Å². The number of anilines is 1. The summed E-state index contributed by atoms with van der Waals surface area (Å²) in [5.41, 5.74) is 5.23. The van der Waals surface area contributed by atoms with Crippen molar-refractivity contribution in [2.24, 2.45) is 0 Å². The summed E-state index contributed by atoms with van der Waals surface area (Å²) >= 11 is 0. The lowest BCUT2D eigenvalue weighted by atomic mass is 10.1. The van der Waals surface area contributed by atoms with Crippen LogP contribution in [-0.2, 0) is 0 Å². The molecule has 4 nitrogen and oxygen atoms in total. The highest BCUT2D eigenvalue weighted by Crippen LogP contribution is 2.32. The van der Waals surface area contributed by atoms with E-state index in [1.165, 1.54) is 18.4 Å². The molecule has 3 rings (SSSR count). The van der Waals surface area contributed by atoms with Gasteiger partial charge < -0.3 is 5.32 Å². The Balaban J connectivity index is 1.85. The maximum absolute atomic E-state index is 12.0. The Bertz CT molecular complexity index is 434. The zero-order chi connectivity index (χ0) is 11.9. The molecule has 1 heterocycles. The molecule has 17 heavy (non-hydrogen) atoms. The van der Waals surface area contributed by atoms with Gasteiger partial charge in [-0.2, -0.15) is 0 Å². The van der Waals surface area contributed by atoms with Crippen molar-refractivity contribution in [3.05, 3.63) is 29.8 Å². The number of benzene rings is 1. The summed E-state index contributed by atoms with van der Waals surface area (Å²) in [4.78, 5) is 12.0. The number of hydrazine groups is 1. The quantitative estimate of drug-likeness (QED) is 0.779. The van der Waals surface area contributed by atoms with Gasteiger partial charge in [-0.3, -0.25) is 0 Å². The SMILES string of the molecule is Cc1ccc(N2NC3(CCCC3)NC2=O)cc1. The van der Waals surface area contributed by atoms with Gasteiger partial charge in [0.15, 0.2) is 0 Å². The molecule has 0 unspecified atom stereocenters. The molecule has 90 valence electrons. The second-order valence-corrected chi connectivity index (χ2v) is 5.00. The van der Waals surface area contributed by atoms with E-state index >= 15 is 0 Å². The smallest absolute Gasteiger partial charge is 0.317 e. The minimum atomic E-state index is -0.192. The van der Waals surface area contributed by atoms with E-state index in [9.17, 15) is 4.79 Å². The number of aryl methyl sites for hydroxylation is 1. The number of rotatable bonds is 1. The summed E-state index contributed by atoms with van der Waals surface area (Å²) in [6, 6.07) is 7.93. The molecule has 1 spiro atoms. The molecular formula is C13H17N3O. The Morgan fingerprint density at radius 3 is 2.47 bits per heavy atom. The topological polar surface area (TPSA) is 44.4 Å². The maximum Gasteiger partial charge on any atom is 0.338 e. The molecule has 1 saturated carbocycles. The van der Waals surface area contributed by atoms with Crippen LogP contribution in [0.4, 0.5) is 10.5 Å². The molecule has 2 aliphatic rings. The van der Waals surface area contributed by atoms with Crippen molar-refractivity contribution >= 4 is 11.7 Å². The van der Waals surface area contributed by atoms with Gasteiger partial charge >= 0.3 is 6.03 Å². The molecule has 2 fully saturated rings. The van der Waals surface area contributed by atoms with E-state index in [4.69, 9.17) is 0 Å². The first-order chi connectivity index (χ1) is 8.19. The highest BCUT2D eigenvalue weighted by atomic mass is 16.2. The zero-order valence-electron chi connectivity index (χ0n) is 9.99. The highest BCUT2D eigenvalue weighted by Gasteiger charge is 2.44. The molecule has 4 heteroatoms. The summed E-state index contributed by atoms with van der Waals surface area (Å²) in [5.74, 6) is 0. The van der Waals surface area contributed by atoms with E-state index in [1.54, 1.807) is 5.01 Å². The van der Waals surface area contributed by atoms with E-state index in [0.717, 1.165) is 18.5 Å². The number of nitrogens with zero attached hydrogens (tertiary/aromatic N) is 1. The number of carbonyl (C=O) groups excluding carboxylic acids is 1. The number of nitrogens with one attached hydrogen (secondary N) is 2. The van der Waals surface area contributed by atoms with Crippen LogP contribution in [0.1, 0.15) is 31.2 Å². The van der Waals surface area contributed by atoms with Crippen molar-refractivity contribution in [3.63, 3.8) is 0 Å². The van der Waals surface area contributed by atoms with Gasteiger partial charge in [-0.1, -0.05) is 17.7 Å². The van der Waals surface area contributed by atoms with Gasteiger partial charge in [0.1, 0.15) is 5.66 Å². The van der Waals surface area contributed by atoms with Gasteiger partial charge in [-0.05, 0) is 44.7 Å².